The Kier molecular flexibility index (Phi) is 5.38. The number of rotatable bonds is 8. The Bertz CT molecular complexity index is 598. The minimum absolute atomic E-state index is 0.152. The van der Waals surface area contributed by atoms with Crippen LogP contribution in [0.3, 0.4) is 0 Å². The largest absolute Gasteiger partial charge is 0.299 e. The number of nitrogens with zero attached hydrogens (tertiary/aromatic N) is 2. The molecule has 114 valence electrons. The molecule has 5 heteroatoms. The summed E-state index contributed by atoms with van der Waals surface area (Å²) in [6.45, 7) is 3.75. The Hall–Kier alpha value is -1.38. The summed E-state index contributed by atoms with van der Waals surface area (Å²) < 4.78 is 24.7. The lowest BCUT2D eigenvalue weighted by atomic mass is 10.2. The van der Waals surface area contributed by atoms with E-state index in [0.29, 0.717) is 23.0 Å². The molecule has 0 bridgehead atoms. The highest BCUT2D eigenvalue weighted by molar-refractivity contribution is 7.91. The van der Waals surface area contributed by atoms with Crippen LogP contribution in [0.25, 0.3) is 0 Å². The van der Waals surface area contributed by atoms with Crippen LogP contribution >= 0.6 is 0 Å². The smallest absolute Gasteiger partial charge is 0.179 e. The highest BCUT2D eigenvalue weighted by atomic mass is 32.2. The molecule has 0 amide bonds. The SMILES string of the molecule is CCCCN(CCS(=O)(=O)c1ccc(C#N)cc1)C1CC1. The van der Waals surface area contributed by atoms with Crippen LogP contribution in [-0.4, -0.2) is 38.2 Å². The van der Waals surface area contributed by atoms with Crippen LogP contribution in [0.2, 0.25) is 0 Å². The third-order valence-corrected chi connectivity index (χ3v) is 5.56. The van der Waals surface area contributed by atoms with Crippen molar-refractivity contribution in [3.05, 3.63) is 29.8 Å². The maximum atomic E-state index is 12.3. The first-order valence-corrected chi connectivity index (χ1v) is 9.19. The van der Waals surface area contributed by atoms with Gasteiger partial charge in [-0.1, -0.05) is 13.3 Å². The number of hydrogen-bond donors (Lipinski definition) is 0. The van der Waals surface area contributed by atoms with E-state index in [4.69, 9.17) is 5.26 Å². The molecular weight excluding hydrogens is 284 g/mol. The quantitative estimate of drug-likeness (QED) is 0.740. The lowest BCUT2D eigenvalue weighted by Gasteiger charge is -2.21. The molecule has 0 aromatic heterocycles. The summed E-state index contributed by atoms with van der Waals surface area (Å²) in [5.41, 5.74) is 0.483. The molecular formula is C16H22N2O2S. The van der Waals surface area contributed by atoms with Crippen LogP contribution in [0.4, 0.5) is 0 Å². The molecule has 1 fully saturated rings. The van der Waals surface area contributed by atoms with Crippen molar-refractivity contribution in [2.45, 2.75) is 43.5 Å². The highest BCUT2D eigenvalue weighted by Crippen LogP contribution is 2.27. The number of unbranched alkanes of at least 4 members (excludes halogenated alkanes) is 1. The highest BCUT2D eigenvalue weighted by Gasteiger charge is 2.29. The fourth-order valence-electron chi connectivity index (χ4n) is 2.37. The second-order valence-electron chi connectivity index (χ2n) is 5.58. The predicted molar refractivity (Wildman–Crippen MR) is 82.7 cm³/mol. The van der Waals surface area contributed by atoms with Crippen LogP contribution in [0.1, 0.15) is 38.2 Å². The average molecular weight is 306 g/mol. The van der Waals surface area contributed by atoms with Crippen molar-refractivity contribution >= 4 is 9.84 Å². The first-order chi connectivity index (χ1) is 10.1. The number of benzene rings is 1. The third-order valence-electron chi connectivity index (χ3n) is 3.85. The fraction of sp³-hybridized carbons (Fsp3) is 0.562. The van der Waals surface area contributed by atoms with E-state index in [9.17, 15) is 8.42 Å². The van der Waals surface area contributed by atoms with E-state index in [1.807, 2.05) is 6.07 Å². The standard InChI is InChI=1S/C16H22N2O2S/c1-2-3-10-18(15-6-7-15)11-12-21(19,20)16-8-4-14(13-17)5-9-16/h4-5,8-9,15H,2-3,6-7,10-12H2,1H3. The van der Waals surface area contributed by atoms with E-state index in [1.165, 1.54) is 25.0 Å². The Balaban J connectivity index is 1.97. The summed E-state index contributed by atoms with van der Waals surface area (Å²) in [4.78, 5) is 2.62. The second-order valence-corrected chi connectivity index (χ2v) is 7.68. The van der Waals surface area contributed by atoms with Crippen molar-refractivity contribution in [1.82, 2.24) is 4.90 Å². The molecule has 1 aliphatic rings. The topological polar surface area (TPSA) is 61.2 Å². The van der Waals surface area contributed by atoms with Crippen LogP contribution in [0.5, 0.6) is 0 Å². The van der Waals surface area contributed by atoms with E-state index >= 15 is 0 Å². The molecule has 21 heavy (non-hydrogen) atoms. The lowest BCUT2D eigenvalue weighted by molar-refractivity contribution is 0.274. The van der Waals surface area contributed by atoms with E-state index in [-0.39, 0.29) is 5.75 Å². The molecule has 0 aliphatic heterocycles. The van der Waals surface area contributed by atoms with Crippen molar-refractivity contribution in [1.29, 1.82) is 5.26 Å². The zero-order valence-electron chi connectivity index (χ0n) is 12.5. The zero-order valence-corrected chi connectivity index (χ0v) is 13.3. The predicted octanol–water partition coefficient (Wildman–Crippen LogP) is 2.60. The van der Waals surface area contributed by atoms with Gasteiger partial charge < -0.3 is 0 Å². The fourth-order valence-corrected chi connectivity index (χ4v) is 3.63. The Morgan fingerprint density at radius 2 is 1.90 bits per heavy atom. The number of sulfone groups is 1. The molecule has 0 saturated heterocycles. The van der Waals surface area contributed by atoms with E-state index in [2.05, 4.69) is 11.8 Å². The molecule has 1 aromatic rings. The molecule has 1 aromatic carbocycles. The molecule has 4 nitrogen and oxygen atoms in total. The van der Waals surface area contributed by atoms with E-state index in [1.54, 1.807) is 12.1 Å². The van der Waals surface area contributed by atoms with Gasteiger partial charge in [-0.25, -0.2) is 8.42 Å². The molecule has 0 heterocycles. The van der Waals surface area contributed by atoms with Crippen LogP contribution < -0.4 is 0 Å². The van der Waals surface area contributed by atoms with Crippen LogP contribution in [-0.2, 0) is 9.84 Å². The van der Waals surface area contributed by atoms with E-state index < -0.39 is 9.84 Å². The van der Waals surface area contributed by atoms with Crippen LogP contribution in [0.15, 0.2) is 29.2 Å². The van der Waals surface area contributed by atoms with Gasteiger partial charge in [-0.15, -0.1) is 0 Å². The van der Waals surface area contributed by atoms with Gasteiger partial charge in [-0.2, -0.15) is 5.26 Å². The first-order valence-electron chi connectivity index (χ1n) is 7.54. The summed E-state index contributed by atoms with van der Waals surface area (Å²) in [5, 5.41) is 8.75. The molecule has 0 N–H and O–H groups in total. The van der Waals surface area contributed by atoms with Crippen molar-refractivity contribution in [2.24, 2.45) is 0 Å². The summed E-state index contributed by atoms with van der Waals surface area (Å²) >= 11 is 0. The van der Waals surface area contributed by atoms with Gasteiger partial charge in [0.25, 0.3) is 0 Å². The molecule has 0 unspecified atom stereocenters. The van der Waals surface area contributed by atoms with Crippen molar-refractivity contribution in [2.75, 3.05) is 18.8 Å². The van der Waals surface area contributed by atoms with Crippen molar-refractivity contribution in [3.63, 3.8) is 0 Å². The average Bonchev–Trinajstić information content (AvgIpc) is 3.32. The Labute approximate surface area is 127 Å². The van der Waals surface area contributed by atoms with Gasteiger partial charge >= 0.3 is 0 Å². The first kappa shape index (κ1) is 16.0. The summed E-state index contributed by atoms with van der Waals surface area (Å²) in [5.74, 6) is 0.152. The minimum atomic E-state index is -3.26. The molecule has 2 rings (SSSR count). The third kappa shape index (κ3) is 4.55. The van der Waals surface area contributed by atoms with Gasteiger partial charge in [0.1, 0.15) is 0 Å². The normalized spacial score (nSPS) is 15.1. The second kappa shape index (κ2) is 7.06. The van der Waals surface area contributed by atoms with Crippen LogP contribution in [0, 0.1) is 11.3 Å². The lowest BCUT2D eigenvalue weighted by Crippen LogP contribution is -2.32. The Morgan fingerprint density at radius 3 is 2.43 bits per heavy atom. The van der Waals surface area contributed by atoms with Gasteiger partial charge in [0.2, 0.25) is 0 Å². The monoisotopic (exact) mass is 306 g/mol. The maximum absolute atomic E-state index is 12.3. The van der Waals surface area contributed by atoms with E-state index in [0.717, 1.165) is 19.4 Å². The molecule has 1 aliphatic carbocycles. The molecule has 0 radical (unpaired) electrons. The number of nitriles is 1. The van der Waals surface area contributed by atoms with Gasteiger partial charge in [0, 0.05) is 12.6 Å². The Morgan fingerprint density at radius 1 is 1.24 bits per heavy atom. The summed E-state index contributed by atoms with van der Waals surface area (Å²) in [6, 6.07) is 8.76. The molecule has 1 saturated carbocycles. The van der Waals surface area contributed by atoms with Gasteiger partial charge in [0.15, 0.2) is 9.84 Å². The van der Waals surface area contributed by atoms with Gasteiger partial charge in [-0.05, 0) is 50.1 Å². The molecule has 0 atom stereocenters. The van der Waals surface area contributed by atoms with Gasteiger partial charge in [0.05, 0.1) is 22.3 Å². The van der Waals surface area contributed by atoms with Gasteiger partial charge in [-0.3, -0.25) is 4.90 Å². The summed E-state index contributed by atoms with van der Waals surface area (Å²) in [6.07, 6.45) is 4.64. The number of hydrogen-bond acceptors (Lipinski definition) is 4. The summed E-state index contributed by atoms with van der Waals surface area (Å²) in [7, 11) is -3.26. The van der Waals surface area contributed by atoms with Crippen molar-refractivity contribution in [3.8, 4) is 6.07 Å². The zero-order chi connectivity index (χ0) is 15.3. The maximum Gasteiger partial charge on any atom is 0.179 e. The molecule has 0 spiro atoms. The van der Waals surface area contributed by atoms with Crippen molar-refractivity contribution < 1.29 is 8.42 Å². The minimum Gasteiger partial charge on any atom is -0.299 e.